The van der Waals surface area contributed by atoms with E-state index in [1.54, 1.807) is 0 Å². The molecule has 1 fully saturated rings. The molecule has 3 N–H and O–H groups in total. The maximum absolute atomic E-state index is 12.6. The number of nitrogens with one attached hydrogen (secondary N) is 2. The highest BCUT2D eigenvalue weighted by molar-refractivity contribution is 8.01. The van der Waals surface area contributed by atoms with Crippen molar-refractivity contribution < 1.29 is 19.5 Å². The molecule has 0 aliphatic carbocycles. The topological polar surface area (TPSA) is 141 Å². The van der Waals surface area contributed by atoms with E-state index in [1.165, 1.54) is 39.8 Å². The third kappa shape index (κ3) is 3.64. The SMILES string of the molecule is O=C(Cc1cccs1)NC1C(=O)N2C(C(=O)O)=C(CSc3nn[nH]n3)CS[C@@H]12. The number of aromatic nitrogens is 4. The van der Waals surface area contributed by atoms with E-state index in [9.17, 15) is 19.5 Å². The van der Waals surface area contributed by atoms with E-state index in [-0.39, 0.29) is 18.0 Å². The lowest BCUT2D eigenvalue weighted by molar-refractivity contribution is -0.150. The molecule has 2 aliphatic heterocycles. The Bertz CT molecular complexity index is 930. The molecule has 10 nitrogen and oxygen atoms in total. The van der Waals surface area contributed by atoms with Gasteiger partial charge in [-0.3, -0.25) is 14.5 Å². The Labute approximate surface area is 171 Å². The Morgan fingerprint density at radius 1 is 1.46 bits per heavy atom. The lowest BCUT2D eigenvalue weighted by Gasteiger charge is -2.49. The van der Waals surface area contributed by atoms with Gasteiger partial charge in [0.2, 0.25) is 11.1 Å². The normalized spacial score (nSPS) is 21.3. The molecule has 2 aromatic heterocycles. The van der Waals surface area contributed by atoms with Crippen molar-refractivity contribution in [2.24, 2.45) is 0 Å². The Morgan fingerprint density at radius 3 is 3.00 bits per heavy atom. The van der Waals surface area contributed by atoms with Crippen molar-refractivity contribution in [1.29, 1.82) is 0 Å². The summed E-state index contributed by atoms with van der Waals surface area (Å²) in [5, 5.41) is 27.7. The van der Waals surface area contributed by atoms with Crippen LogP contribution >= 0.6 is 34.9 Å². The minimum Gasteiger partial charge on any atom is -0.477 e. The number of aliphatic carboxylic acids is 1. The second-order valence-corrected chi connectivity index (χ2v) is 9.03. The van der Waals surface area contributed by atoms with Gasteiger partial charge in [-0.05, 0) is 22.2 Å². The van der Waals surface area contributed by atoms with Crippen LogP contribution in [0.4, 0.5) is 0 Å². The molecule has 1 unspecified atom stereocenters. The van der Waals surface area contributed by atoms with E-state index in [1.807, 2.05) is 17.5 Å². The van der Waals surface area contributed by atoms with Crippen LogP contribution in [0.15, 0.2) is 33.9 Å². The fourth-order valence-corrected chi connectivity index (χ4v) is 5.88. The molecular weight excluding hydrogens is 424 g/mol. The summed E-state index contributed by atoms with van der Waals surface area (Å²) in [6, 6.07) is 3.00. The van der Waals surface area contributed by atoms with E-state index in [0.717, 1.165) is 4.88 Å². The number of fused-ring (bicyclic) bond motifs is 1. The number of tetrazole rings is 1. The van der Waals surface area contributed by atoms with Crippen molar-refractivity contribution in [3.63, 3.8) is 0 Å². The average Bonchev–Trinajstić information content (AvgIpc) is 3.37. The van der Waals surface area contributed by atoms with E-state index in [4.69, 9.17) is 0 Å². The monoisotopic (exact) mass is 438 g/mol. The van der Waals surface area contributed by atoms with E-state index in [2.05, 4.69) is 25.9 Å². The summed E-state index contributed by atoms with van der Waals surface area (Å²) in [4.78, 5) is 38.8. The summed E-state index contributed by atoms with van der Waals surface area (Å²) in [7, 11) is 0. The lowest BCUT2D eigenvalue weighted by atomic mass is 10.0. The summed E-state index contributed by atoms with van der Waals surface area (Å²) < 4.78 is 0. The van der Waals surface area contributed by atoms with Crippen molar-refractivity contribution in [3.05, 3.63) is 33.7 Å². The van der Waals surface area contributed by atoms with Gasteiger partial charge in [-0.2, -0.15) is 5.21 Å². The molecule has 4 rings (SSSR count). The van der Waals surface area contributed by atoms with Gasteiger partial charge in [-0.25, -0.2) is 4.79 Å². The predicted molar refractivity (Wildman–Crippen MR) is 103 cm³/mol. The first-order valence-electron chi connectivity index (χ1n) is 8.12. The van der Waals surface area contributed by atoms with Crippen LogP contribution in [-0.2, 0) is 20.8 Å². The zero-order chi connectivity index (χ0) is 19.7. The first-order valence-corrected chi connectivity index (χ1v) is 11.0. The first-order chi connectivity index (χ1) is 13.5. The smallest absolute Gasteiger partial charge is 0.352 e. The van der Waals surface area contributed by atoms with Crippen molar-refractivity contribution >= 4 is 52.6 Å². The zero-order valence-electron chi connectivity index (χ0n) is 14.2. The van der Waals surface area contributed by atoms with Crippen molar-refractivity contribution in [3.8, 4) is 0 Å². The summed E-state index contributed by atoms with van der Waals surface area (Å²) in [6.07, 6.45) is 0.201. The van der Waals surface area contributed by atoms with Crippen LogP contribution in [0.2, 0.25) is 0 Å². The number of carboxylic acids is 1. The van der Waals surface area contributed by atoms with Crippen LogP contribution in [-0.4, -0.2) is 71.3 Å². The minimum absolute atomic E-state index is 0.0199. The number of amides is 2. The van der Waals surface area contributed by atoms with E-state index < -0.39 is 23.3 Å². The number of thiophene rings is 1. The standard InChI is InChI=1S/C15H14N6O4S3/c22-9(4-8-2-1-3-26-8)16-10-12(23)21-11(14(24)25)7(5-27-13(10)21)6-28-15-17-19-20-18-15/h1-3,10,13H,4-6H2,(H,16,22)(H,24,25)(H,17,18,19,20)/t10?,13-/m0/s1. The molecule has 0 bridgehead atoms. The third-order valence-electron chi connectivity index (χ3n) is 4.18. The number of carbonyl (C=O) groups excluding carboxylic acids is 2. The number of nitrogens with zero attached hydrogens (tertiary/aromatic N) is 4. The molecule has 0 aromatic carbocycles. The van der Waals surface area contributed by atoms with Crippen LogP contribution in [0, 0.1) is 0 Å². The number of hydrogen-bond donors (Lipinski definition) is 3. The molecule has 2 aliphatic rings. The van der Waals surface area contributed by atoms with Gasteiger partial charge in [-0.1, -0.05) is 17.8 Å². The average molecular weight is 439 g/mol. The number of carbonyl (C=O) groups is 3. The molecule has 13 heteroatoms. The van der Waals surface area contributed by atoms with Crippen molar-refractivity contribution in [1.82, 2.24) is 30.8 Å². The number of aromatic amines is 1. The van der Waals surface area contributed by atoms with Crippen molar-refractivity contribution in [2.45, 2.75) is 23.0 Å². The van der Waals surface area contributed by atoms with Gasteiger partial charge in [0, 0.05) is 16.4 Å². The first kappa shape index (κ1) is 19.0. The molecule has 4 heterocycles. The van der Waals surface area contributed by atoms with Gasteiger partial charge in [0.25, 0.3) is 5.91 Å². The highest BCUT2D eigenvalue weighted by atomic mass is 32.2. The molecule has 2 amide bonds. The molecule has 2 atom stereocenters. The summed E-state index contributed by atoms with van der Waals surface area (Å²) in [5.74, 6) is -1.04. The summed E-state index contributed by atoms with van der Waals surface area (Å²) in [6.45, 7) is 0. The maximum atomic E-state index is 12.6. The Kier molecular flexibility index (Phi) is 5.37. The van der Waals surface area contributed by atoms with Gasteiger partial charge in [-0.15, -0.1) is 33.3 Å². The number of β-lactam (4-membered cyclic amide) rings is 1. The van der Waals surface area contributed by atoms with Crippen LogP contribution in [0.3, 0.4) is 0 Å². The van der Waals surface area contributed by atoms with Crippen molar-refractivity contribution in [2.75, 3.05) is 11.5 Å². The number of H-pyrrole nitrogens is 1. The quantitative estimate of drug-likeness (QED) is 0.412. The number of rotatable bonds is 7. The largest absolute Gasteiger partial charge is 0.477 e. The fourth-order valence-electron chi connectivity index (χ4n) is 2.96. The second kappa shape index (κ2) is 7.93. The number of hydrogen-bond acceptors (Lipinski definition) is 9. The Balaban J connectivity index is 1.44. The Hall–Kier alpha value is -2.38. The fraction of sp³-hybridized carbons (Fsp3) is 0.333. The van der Waals surface area contributed by atoms with Crippen LogP contribution < -0.4 is 5.32 Å². The van der Waals surface area contributed by atoms with Gasteiger partial charge in [0.1, 0.15) is 17.1 Å². The maximum Gasteiger partial charge on any atom is 0.352 e. The highest BCUT2D eigenvalue weighted by Crippen LogP contribution is 2.41. The molecule has 0 radical (unpaired) electrons. The van der Waals surface area contributed by atoms with Crippen LogP contribution in [0.25, 0.3) is 0 Å². The van der Waals surface area contributed by atoms with E-state index in [0.29, 0.717) is 22.2 Å². The Morgan fingerprint density at radius 2 is 2.32 bits per heavy atom. The molecule has 2 aromatic rings. The lowest BCUT2D eigenvalue weighted by Crippen LogP contribution is -2.70. The summed E-state index contributed by atoms with van der Waals surface area (Å²) in [5.41, 5.74) is 0.591. The van der Waals surface area contributed by atoms with E-state index >= 15 is 0 Å². The highest BCUT2D eigenvalue weighted by Gasteiger charge is 2.54. The second-order valence-electron chi connectivity index (χ2n) is 5.95. The molecule has 0 saturated carbocycles. The number of thioether (sulfide) groups is 2. The zero-order valence-corrected chi connectivity index (χ0v) is 16.6. The molecular formula is C15H14N6O4S3. The van der Waals surface area contributed by atoms with Gasteiger partial charge in [0.15, 0.2) is 0 Å². The molecule has 146 valence electrons. The molecule has 1 saturated heterocycles. The molecule has 28 heavy (non-hydrogen) atoms. The van der Waals surface area contributed by atoms with Gasteiger partial charge >= 0.3 is 5.97 Å². The van der Waals surface area contributed by atoms with Crippen LogP contribution in [0.1, 0.15) is 4.88 Å². The predicted octanol–water partition coefficient (Wildman–Crippen LogP) is 0.335. The number of carboxylic acid groups (broad SMARTS) is 1. The van der Waals surface area contributed by atoms with Crippen LogP contribution in [0.5, 0.6) is 0 Å². The minimum atomic E-state index is -1.16. The van der Waals surface area contributed by atoms with Gasteiger partial charge in [0.05, 0.1) is 6.42 Å². The molecule has 0 spiro atoms. The van der Waals surface area contributed by atoms with Gasteiger partial charge < -0.3 is 10.4 Å². The summed E-state index contributed by atoms with van der Waals surface area (Å²) >= 11 is 4.15. The third-order valence-corrected chi connectivity index (χ3v) is 7.32.